The molecule has 0 N–H and O–H groups in total. The molecular weight excluding hydrogens is 619 g/mol. The van der Waals surface area contributed by atoms with E-state index in [1.54, 1.807) is 0 Å². The zero-order chi connectivity index (χ0) is 33.9. The van der Waals surface area contributed by atoms with Gasteiger partial charge in [-0.15, -0.1) is 0 Å². The largest absolute Gasteiger partial charge is 0.228 e. The van der Waals surface area contributed by atoms with Crippen LogP contribution in [-0.2, 0) is 5.41 Å². The van der Waals surface area contributed by atoms with Crippen molar-refractivity contribution in [3.8, 4) is 73.4 Å². The number of hydrogen-bond acceptors (Lipinski definition) is 3. The van der Waals surface area contributed by atoms with Gasteiger partial charge in [0.1, 0.15) is 0 Å². The normalized spacial score (nSPS) is 12.8. The minimum absolute atomic E-state index is 0.570. The quantitative estimate of drug-likeness (QED) is 0.192. The van der Waals surface area contributed by atoms with Gasteiger partial charge in [0.2, 0.25) is 0 Å². The Morgan fingerprint density at radius 1 is 0.373 bits per heavy atom. The molecule has 3 heteroatoms. The Bertz CT molecular complexity index is 2660. The molecule has 1 heterocycles. The summed E-state index contributed by atoms with van der Waals surface area (Å²) in [6.07, 6.45) is 0. The van der Waals surface area contributed by atoms with Crippen molar-refractivity contribution in [1.82, 2.24) is 9.97 Å². The zero-order valence-electron chi connectivity index (χ0n) is 27.6. The van der Waals surface area contributed by atoms with Gasteiger partial charge in [0.25, 0.3) is 0 Å². The van der Waals surface area contributed by atoms with Gasteiger partial charge in [-0.1, -0.05) is 152 Å². The molecule has 0 saturated heterocycles. The summed E-state index contributed by atoms with van der Waals surface area (Å²) in [5, 5.41) is 9.46. The van der Waals surface area contributed by atoms with E-state index in [-0.39, 0.29) is 0 Å². The lowest BCUT2D eigenvalue weighted by Crippen LogP contribution is -2.29. The molecule has 0 amide bonds. The monoisotopic (exact) mass is 647 g/mol. The second kappa shape index (κ2) is 11.3. The molecule has 10 rings (SSSR count). The summed E-state index contributed by atoms with van der Waals surface area (Å²) < 4.78 is 0. The molecule has 3 nitrogen and oxygen atoms in total. The first kappa shape index (κ1) is 29.1. The summed E-state index contributed by atoms with van der Waals surface area (Å²) in [5.74, 6) is 0.657. The number of hydrogen-bond donors (Lipinski definition) is 0. The van der Waals surface area contributed by atoms with Crippen molar-refractivity contribution in [3.05, 3.63) is 204 Å². The van der Waals surface area contributed by atoms with Crippen LogP contribution in [-0.4, -0.2) is 9.97 Å². The molecule has 2 aliphatic rings. The van der Waals surface area contributed by atoms with E-state index in [0.717, 1.165) is 28.1 Å². The summed E-state index contributed by atoms with van der Waals surface area (Å²) in [6, 6.07) is 64.6. The second-order valence-corrected chi connectivity index (χ2v) is 13.2. The van der Waals surface area contributed by atoms with Crippen LogP contribution in [0.3, 0.4) is 0 Å². The van der Waals surface area contributed by atoms with Gasteiger partial charge >= 0.3 is 0 Å². The highest BCUT2D eigenvalue weighted by molar-refractivity contribution is 5.97. The Labute approximate surface area is 296 Å². The van der Waals surface area contributed by atoms with Gasteiger partial charge in [0, 0.05) is 16.7 Å². The molecule has 7 aromatic carbocycles. The molecular formula is C48H29N3. The lowest BCUT2D eigenvalue weighted by atomic mass is 9.65. The van der Waals surface area contributed by atoms with Crippen molar-refractivity contribution in [3.63, 3.8) is 0 Å². The van der Waals surface area contributed by atoms with E-state index in [1.807, 2.05) is 54.6 Å². The van der Waals surface area contributed by atoms with Crippen LogP contribution in [0.25, 0.3) is 67.3 Å². The molecule has 1 spiro atoms. The molecule has 0 atom stereocenters. The molecule has 0 radical (unpaired) electrons. The van der Waals surface area contributed by atoms with E-state index in [2.05, 4.69) is 127 Å². The summed E-state index contributed by atoms with van der Waals surface area (Å²) >= 11 is 0. The van der Waals surface area contributed by atoms with Crippen LogP contribution in [0, 0.1) is 11.3 Å². The van der Waals surface area contributed by atoms with Crippen LogP contribution in [0.2, 0.25) is 0 Å². The van der Waals surface area contributed by atoms with Crippen LogP contribution in [0.5, 0.6) is 0 Å². The average Bonchev–Trinajstić information content (AvgIpc) is 3.46. The molecule has 0 unspecified atom stereocenters. The summed E-state index contributed by atoms with van der Waals surface area (Å²) in [5.41, 5.74) is 17.1. The number of aromatic nitrogens is 2. The highest BCUT2D eigenvalue weighted by Gasteiger charge is 2.49. The van der Waals surface area contributed by atoms with Gasteiger partial charge in [0.15, 0.2) is 5.82 Å². The second-order valence-electron chi connectivity index (χ2n) is 13.2. The highest BCUT2D eigenvalue weighted by atomic mass is 14.9. The fraction of sp³-hybridized carbons (Fsp3) is 0.0208. The van der Waals surface area contributed by atoms with Crippen molar-refractivity contribution >= 4 is 0 Å². The number of fused-ring (bicyclic) bond motifs is 12. The molecule has 0 fully saturated rings. The smallest absolute Gasteiger partial charge is 0.160 e. The van der Waals surface area contributed by atoms with Crippen LogP contribution in [0.1, 0.15) is 27.8 Å². The number of nitriles is 1. The third-order valence-electron chi connectivity index (χ3n) is 10.6. The first-order valence-corrected chi connectivity index (χ1v) is 17.2. The molecule has 1 aromatic heterocycles. The van der Waals surface area contributed by atoms with E-state index in [1.165, 1.54) is 55.6 Å². The van der Waals surface area contributed by atoms with Gasteiger partial charge in [-0.2, -0.15) is 5.26 Å². The lowest BCUT2D eigenvalue weighted by molar-refractivity contribution is 0.775. The molecule has 2 aliphatic carbocycles. The Morgan fingerprint density at radius 2 is 0.824 bits per heavy atom. The Balaban J connectivity index is 1.30. The third-order valence-corrected chi connectivity index (χ3v) is 10.6. The summed E-state index contributed by atoms with van der Waals surface area (Å²) in [7, 11) is 0. The van der Waals surface area contributed by atoms with Crippen LogP contribution in [0.4, 0.5) is 0 Å². The zero-order valence-corrected chi connectivity index (χ0v) is 27.6. The maximum atomic E-state index is 9.46. The summed E-state index contributed by atoms with van der Waals surface area (Å²) in [6.45, 7) is 0. The van der Waals surface area contributed by atoms with Crippen molar-refractivity contribution in [1.29, 1.82) is 5.26 Å². The maximum absolute atomic E-state index is 9.46. The van der Waals surface area contributed by atoms with Crippen LogP contribution >= 0.6 is 0 Å². The van der Waals surface area contributed by atoms with E-state index >= 15 is 0 Å². The first-order valence-electron chi connectivity index (χ1n) is 17.2. The minimum Gasteiger partial charge on any atom is -0.228 e. The predicted octanol–water partition coefficient (Wildman–Crippen LogP) is 11.4. The Hall–Kier alpha value is -6.89. The third kappa shape index (κ3) is 4.30. The Kier molecular flexibility index (Phi) is 6.46. The van der Waals surface area contributed by atoms with Gasteiger partial charge in [-0.3, -0.25) is 0 Å². The van der Waals surface area contributed by atoms with Crippen molar-refractivity contribution in [2.45, 2.75) is 5.41 Å². The Morgan fingerprint density at radius 3 is 1.39 bits per heavy atom. The number of benzene rings is 7. The van der Waals surface area contributed by atoms with Gasteiger partial charge in [-0.05, 0) is 79.9 Å². The van der Waals surface area contributed by atoms with E-state index in [0.29, 0.717) is 11.4 Å². The van der Waals surface area contributed by atoms with E-state index < -0.39 is 5.41 Å². The summed E-state index contributed by atoms with van der Waals surface area (Å²) in [4.78, 5) is 10.3. The van der Waals surface area contributed by atoms with Gasteiger partial charge in [0.05, 0.1) is 28.4 Å². The fourth-order valence-corrected chi connectivity index (χ4v) is 8.38. The number of nitrogens with zero attached hydrogens (tertiary/aromatic N) is 3. The molecule has 0 bridgehead atoms. The first-order chi connectivity index (χ1) is 25.2. The molecule has 51 heavy (non-hydrogen) atoms. The van der Waals surface area contributed by atoms with Crippen molar-refractivity contribution in [2.24, 2.45) is 0 Å². The van der Waals surface area contributed by atoms with Crippen molar-refractivity contribution in [2.75, 3.05) is 0 Å². The minimum atomic E-state index is -0.570. The fourth-order valence-electron chi connectivity index (χ4n) is 8.38. The van der Waals surface area contributed by atoms with Gasteiger partial charge in [-0.25, -0.2) is 9.97 Å². The standard InChI is InChI=1S/C48H29N3/c49-30-31-22-24-32(25-23-31)45-29-46(51-47(50-45)33-12-2-1-3-13-33)34-26-27-40-36-15-5-4-14-35(36)37-16-6-9-19-41(37)48(44(40)28-34)42-20-10-7-17-38(42)39-18-8-11-21-43(39)48/h1-29H. The average molecular weight is 648 g/mol. The lowest BCUT2D eigenvalue weighted by Gasteiger charge is -2.35. The van der Waals surface area contributed by atoms with E-state index in [4.69, 9.17) is 9.97 Å². The topological polar surface area (TPSA) is 49.6 Å². The highest BCUT2D eigenvalue weighted by Crippen LogP contribution is 2.61. The van der Waals surface area contributed by atoms with Crippen LogP contribution in [0.15, 0.2) is 176 Å². The van der Waals surface area contributed by atoms with Gasteiger partial charge < -0.3 is 0 Å². The number of rotatable bonds is 3. The van der Waals surface area contributed by atoms with E-state index in [9.17, 15) is 5.26 Å². The predicted molar refractivity (Wildman–Crippen MR) is 205 cm³/mol. The maximum Gasteiger partial charge on any atom is 0.160 e. The van der Waals surface area contributed by atoms with Crippen molar-refractivity contribution < 1.29 is 0 Å². The molecule has 8 aromatic rings. The molecule has 0 aliphatic heterocycles. The van der Waals surface area contributed by atoms with Crippen LogP contribution < -0.4 is 0 Å². The molecule has 0 saturated carbocycles. The SMILES string of the molecule is N#Cc1ccc(-c2cc(-c3ccc4c(c3)C3(c5ccccc5-c5ccccc5-4)c4ccccc4-c4ccccc43)nc(-c3ccccc3)n2)cc1. The molecule has 236 valence electrons.